The first kappa shape index (κ1) is 11.8. The lowest BCUT2D eigenvalue weighted by atomic mass is 9.83. The standard InChI is InChI=1S/C11H20ClNO/c1-8(2)10(7-12)13-11(14)6-9-4-3-5-9/h8-10H,3-7H2,1-2H3,(H,13,14). The van der Waals surface area contributed by atoms with Crippen molar-refractivity contribution < 1.29 is 4.79 Å². The van der Waals surface area contributed by atoms with Gasteiger partial charge in [0.25, 0.3) is 0 Å². The first-order valence-corrected chi connectivity index (χ1v) is 6.02. The van der Waals surface area contributed by atoms with Crippen LogP contribution in [0, 0.1) is 11.8 Å². The van der Waals surface area contributed by atoms with Crippen LogP contribution in [0.4, 0.5) is 0 Å². The van der Waals surface area contributed by atoms with E-state index in [0.29, 0.717) is 24.1 Å². The van der Waals surface area contributed by atoms with Gasteiger partial charge in [-0.2, -0.15) is 0 Å². The van der Waals surface area contributed by atoms with Gasteiger partial charge in [-0.05, 0) is 24.7 Å². The molecule has 1 amide bonds. The highest BCUT2D eigenvalue weighted by molar-refractivity contribution is 6.18. The summed E-state index contributed by atoms with van der Waals surface area (Å²) < 4.78 is 0. The Morgan fingerprint density at radius 2 is 2.14 bits per heavy atom. The number of amides is 1. The molecule has 0 aromatic carbocycles. The zero-order valence-electron chi connectivity index (χ0n) is 9.05. The van der Waals surface area contributed by atoms with Gasteiger partial charge < -0.3 is 5.32 Å². The van der Waals surface area contributed by atoms with Gasteiger partial charge in [0.05, 0.1) is 0 Å². The molecule has 1 unspecified atom stereocenters. The van der Waals surface area contributed by atoms with E-state index in [1.54, 1.807) is 0 Å². The molecule has 0 aromatic heterocycles. The Kier molecular flexibility index (Phi) is 4.73. The number of carbonyl (C=O) groups excluding carboxylic acids is 1. The van der Waals surface area contributed by atoms with E-state index in [1.807, 2.05) is 0 Å². The van der Waals surface area contributed by atoms with Crippen molar-refractivity contribution in [1.29, 1.82) is 0 Å². The molecule has 0 heterocycles. The second kappa shape index (κ2) is 5.59. The third-order valence-electron chi connectivity index (χ3n) is 3.02. The van der Waals surface area contributed by atoms with Gasteiger partial charge in [-0.1, -0.05) is 20.3 Å². The van der Waals surface area contributed by atoms with Gasteiger partial charge in [0.1, 0.15) is 0 Å². The van der Waals surface area contributed by atoms with E-state index in [0.717, 1.165) is 0 Å². The van der Waals surface area contributed by atoms with Crippen molar-refractivity contribution in [3.8, 4) is 0 Å². The Morgan fingerprint density at radius 1 is 1.50 bits per heavy atom. The lowest BCUT2D eigenvalue weighted by molar-refractivity contribution is -0.123. The molecule has 0 saturated heterocycles. The van der Waals surface area contributed by atoms with Crippen LogP contribution in [0.1, 0.15) is 39.5 Å². The predicted octanol–water partition coefficient (Wildman–Crippen LogP) is 2.56. The van der Waals surface area contributed by atoms with Crippen LogP contribution in [-0.2, 0) is 4.79 Å². The van der Waals surface area contributed by atoms with Gasteiger partial charge >= 0.3 is 0 Å². The zero-order valence-corrected chi connectivity index (χ0v) is 9.81. The fourth-order valence-electron chi connectivity index (χ4n) is 1.61. The number of hydrogen-bond donors (Lipinski definition) is 1. The van der Waals surface area contributed by atoms with Crippen LogP contribution >= 0.6 is 11.6 Å². The minimum absolute atomic E-state index is 0.129. The maximum atomic E-state index is 11.6. The Labute approximate surface area is 91.4 Å². The van der Waals surface area contributed by atoms with Crippen molar-refractivity contribution in [2.24, 2.45) is 11.8 Å². The molecule has 1 aliphatic carbocycles. The van der Waals surface area contributed by atoms with Gasteiger partial charge in [-0.15, -0.1) is 11.6 Å². The number of rotatable bonds is 5. The number of hydrogen-bond acceptors (Lipinski definition) is 1. The van der Waals surface area contributed by atoms with E-state index >= 15 is 0 Å². The van der Waals surface area contributed by atoms with Gasteiger partial charge in [0, 0.05) is 18.3 Å². The fourth-order valence-corrected chi connectivity index (χ4v) is 2.04. The Hall–Kier alpha value is -0.240. The highest BCUT2D eigenvalue weighted by Gasteiger charge is 2.22. The first-order chi connectivity index (χ1) is 6.63. The molecular weight excluding hydrogens is 198 g/mol. The first-order valence-electron chi connectivity index (χ1n) is 5.48. The smallest absolute Gasteiger partial charge is 0.220 e. The Balaban J connectivity index is 2.23. The summed E-state index contributed by atoms with van der Waals surface area (Å²) in [6.45, 7) is 4.16. The summed E-state index contributed by atoms with van der Waals surface area (Å²) in [5, 5.41) is 2.99. The maximum Gasteiger partial charge on any atom is 0.220 e. The van der Waals surface area contributed by atoms with Crippen molar-refractivity contribution >= 4 is 17.5 Å². The van der Waals surface area contributed by atoms with Crippen LogP contribution in [0.25, 0.3) is 0 Å². The Morgan fingerprint density at radius 3 is 2.50 bits per heavy atom. The fraction of sp³-hybridized carbons (Fsp3) is 0.909. The lowest BCUT2D eigenvalue weighted by Gasteiger charge is -2.26. The van der Waals surface area contributed by atoms with E-state index in [1.165, 1.54) is 19.3 Å². The molecule has 1 fully saturated rings. The summed E-state index contributed by atoms with van der Waals surface area (Å²) in [7, 11) is 0. The molecule has 1 rings (SSSR count). The van der Waals surface area contributed by atoms with E-state index in [9.17, 15) is 4.79 Å². The molecule has 1 N–H and O–H groups in total. The second-order valence-electron chi connectivity index (χ2n) is 4.57. The summed E-state index contributed by atoms with van der Waals surface area (Å²) in [6.07, 6.45) is 4.43. The topological polar surface area (TPSA) is 29.1 Å². The summed E-state index contributed by atoms with van der Waals surface area (Å²) in [5.74, 6) is 1.73. The largest absolute Gasteiger partial charge is 0.352 e. The summed E-state index contributed by atoms with van der Waals surface area (Å²) >= 11 is 5.78. The normalized spacial score (nSPS) is 19.1. The molecule has 0 radical (unpaired) electrons. The third-order valence-corrected chi connectivity index (χ3v) is 3.35. The minimum Gasteiger partial charge on any atom is -0.352 e. The van der Waals surface area contributed by atoms with Crippen LogP contribution in [0.15, 0.2) is 0 Å². The molecule has 0 spiro atoms. The molecule has 1 atom stereocenters. The quantitative estimate of drug-likeness (QED) is 0.705. The molecule has 0 aromatic rings. The number of nitrogens with one attached hydrogen (secondary N) is 1. The number of alkyl halides is 1. The van der Waals surface area contributed by atoms with Crippen molar-refractivity contribution in [2.75, 3.05) is 5.88 Å². The van der Waals surface area contributed by atoms with E-state index in [4.69, 9.17) is 11.6 Å². The van der Waals surface area contributed by atoms with Crippen LogP contribution in [-0.4, -0.2) is 17.8 Å². The van der Waals surface area contributed by atoms with Crippen LogP contribution < -0.4 is 5.32 Å². The third kappa shape index (κ3) is 3.49. The van der Waals surface area contributed by atoms with Crippen molar-refractivity contribution in [1.82, 2.24) is 5.32 Å². The van der Waals surface area contributed by atoms with Gasteiger partial charge in [-0.25, -0.2) is 0 Å². The molecule has 82 valence electrons. The number of halogens is 1. The average molecular weight is 218 g/mol. The highest BCUT2D eigenvalue weighted by Crippen LogP contribution is 2.29. The molecule has 1 saturated carbocycles. The van der Waals surface area contributed by atoms with Crippen LogP contribution in [0.5, 0.6) is 0 Å². The van der Waals surface area contributed by atoms with Gasteiger partial charge in [0.15, 0.2) is 0 Å². The highest BCUT2D eigenvalue weighted by atomic mass is 35.5. The SMILES string of the molecule is CC(C)C(CCl)NC(=O)CC1CCC1. The van der Waals surface area contributed by atoms with Crippen LogP contribution in [0.3, 0.4) is 0 Å². The molecular formula is C11H20ClNO. The average Bonchev–Trinajstić information content (AvgIpc) is 2.07. The zero-order chi connectivity index (χ0) is 10.6. The molecule has 1 aliphatic rings. The molecule has 0 bridgehead atoms. The van der Waals surface area contributed by atoms with Crippen molar-refractivity contribution in [3.05, 3.63) is 0 Å². The van der Waals surface area contributed by atoms with Crippen LogP contribution in [0.2, 0.25) is 0 Å². The summed E-state index contributed by atoms with van der Waals surface area (Å²) in [4.78, 5) is 11.6. The predicted molar refractivity (Wildman–Crippen MR) is 59.4 cm³/mol. The number of carbonyl (C=O) groups is 1. The molecule has 3 heteroatoms. The minimum atomic E-state index is 0.129. The van der Waals surface area contributed by atoms with Crippen molar-refractivity contribution in [2.45, 2.75) is 45.6 Å². The maximum absolute atomic E-state index is 11.6. The molecule has 2 nitrogen and oxygen atoms in total. The second-order valence-corrected chi connectivity index (χ2v) is 4.88. The van der Waals surface area contributed by atoms with Gasteiger partial charge in [0.2, 0.25) is 5.91 Å². The van der Waals surface area contributed by atoms with Crippen molar-refractivity contribution in [3.63, 3.8) is 0 Å². The summed E-state index contributed by atoms with van der Waals surface area (Å²) in [6, 6.07) is 0.129. The molecule has 0 aliphatic heterocycles. The lowest BCUT2D eigenvalue weighted by Crippen LogP contribution is -2.41. The van der Waals surface area contributed by atoms with E-state index in [2.05, 4.69) is 19.2 Å². The van der Waals surface area contributed by atoms with E-state index < -0.39 is 0 Å². The summed E-state index contributed by atoms with van der Waals surface area (Å²) in [5.41, 5.74) is 0. The van der Waals surface area contributed by atoms with E-state index in [-0.39, 0.29) is 11.9 Å². The monoisotopic (exact) mass is 217 g/mol. The Bertz CT molecular complexity index is 190. The molecule has 14 heavy (non-hydrogen) atoms. The van der Waals surface area contributed by atoms with Gasteiger partial charge in [-0.3, -0.25) is 4.79 Å².